The third kappa shape index (κ3) is 5.33. The lowest BCUT2D eigenvalue weighted by Crippen LogP contribution is -2.19. The van der Waals surface area contributed by atoms with E-state index in [0.29, 0.717) is 35.5 Å². The molecule has 0 radical (unpaired) electrons. The van der Waals surface area contributed by atoms with Gasteiger partial charge in [-0.15, -0.1) is 0 Å². The molecular formula is C21H16F3NO3. The number of ether oxygens (including phenoxy) is 2. The van der Waals surface area contributed by atoms with Gasteiger partial charge in [-0.25, -0.2) is 4.98 Å². The molecule has 0 bridgehead atoms. The third-order valence-corrected chi connectivity index (χ3v) is 3.83. The van der Waals surface area contributed by atoms with E-state index in [-0.39, 0.29) is 5.75 Å². The molecular weight excluding hydrogens is 371 g/mol. The Morgan fingerprint density at radius 2 is 1.75 bits per heavy atom. The van der Waals surface area contributed by atoms with Crippen molar-refractivity contribution in [2.75, 3.05) is 6.61 Å². The Bertz CT molecular complexity index is 926. The van der Waals surface area contributed by atoms with Crippen molar-refractivity contribution in [3.05, 3.63) is 78.0 Å². The van der Waals surface area contributed by atoms with Crippen LogP contribution in [0.15, 0.2) is 66.9 Å². The topological polar surface area (TPSA) is 48.4 Å². The molecule has 2 aromatic carbocycles. The van der Waals surface area contributed by atoms with Crippen molar-refractivity contribution in [2.45, 2.75) is 12.8 Å². The van der Waals surface area contributed by atoms with Crippen molar-refractivity contribution in [2.24, 2.45) is 0 Å². The lowest BCUT2D eigenvalue weighted by molar-refractivity contribution is -0.153. The van der Waals surface area contributed by atoms with Crippen molar-refractivity contribution in [3.8, 4) is 22.8 Å². The van der Waals surface area contributed by atoms with Crippen LogP contribution >= 0.6 is 0 Å². The van der Waals surface area contributed by atoms with Crippen molar-refractivity contribution < 1.29 is 27.4 Å². The van der Waals surface area contributed by atoms with Crippen LogP contribution in [0.4, 0.5) is 13.2 Å². The fraction of sp³-hybridized carbons (Fsp3) is 0.143. The summed E-state index contributed by atoms with van der Waals surface area (Å²) in [4.78, 5) is 15.5. The quantitative estimate of drug-likeness (QED) is 0.531. The van der Waals surface area contributed by atoms with E-state index in [0.717, 1.165) is 5.56 Å². The maximum atomic E-state index is 12.3. The summed E-state index contributed by atoms with van der Waals surface area (Å²) >= 11 is 0. The molecule has 28 heavy (non-hydrogen) atoms. The summed E-state index contributed by atoms with van der Waals surface area (Å²) < 4.78 is 47.4. The average Bonchev–Trinajstić information content (AvgIpc) is 2.71. The Morgan fingerprint density at radius 3 is 2.39 bits per heavy atom. The highest BCUT2D eigenvalue weighted by atomic mass is 19.4. The highest BCUT2D eigenvalue weighted by molar-refractivity contribution is 5.88. The molecule has 0 atom stereocenters. The van der Waals surface area contributed by atoms with E-state index < -0.39 is 12.8 Å². The molecule has 0 aliphatic heterocycles. The first-order valence-corrected chi connectivity index (χ1v) is 8.36. The maximum Gasteiger partial charge on any atom is 0.422 e. The van der Waals surface area contributed by atoms with Crippen LogP contribution in [0.2, 0.25) is 0 Å². The number of alkyl halides is 3. The van der Waals surface area contributed by atoms with Gasteiger partial charge in [-0.2, -0.15) is 13.2 Å². The van der Waals surface area contributed by atoms with Crippen molar-refractivity contribution in [1.29, 1.82) is 0 Å². The Balaban J connectivity index is 1.75. The van der Waals surface area contributed by atoms with E-state index in [2.05, 4.69) is 4.98 Å². The van der Waals surface area contributed by atoms with Gasteiger partial charge in [0.15, 0.2) is 12.9 Å². The van der Waals surface area contributed by atoms with Gasteiger partial charge >= 0.3 is 6.18 Å². The number of nitrogens with zero attached hydrogens (tertiary/aromatic N) is 1. The predicted molar refractivity (Wildman–Crippen MR) is 97.4 cm³/mol. The first kappa shape index (κ1) is 19.4. The number of hydrogen-bond donors (Lipinski definition) is 0. The second-order valence-corrected chi connectivity index (χ2v) is 5.93. The number of aldehydes is 1. The number of halogens is 3. The molecule has 0 saturated heterocycles. The van der Waals surface area contributed by atoms with Gasteiger partial charge in [0.05, 0.1) is 0 Å². The van der Waals surface area contributed by atoms with E-state index in [1.54, 1.807) is 12.1 Å². The van der Waals surface area contributed by atoms with Crippen LogP contribution in [0, 0.1) is 0 Å². The largest absolute Gasteiger partial charge is 0.484 e. The molecule has 0 aliphatic carbocycles. The van der Waals surface area contributed by atoms with Gasteiger partial charge in [0.2, 0.25) is 5.88 Å². The zero-order chi connectivity index (χ0) is 20.0. The summed E-state index contributed by atoms with van der Waals surface area (Å²) in [5, 5.41) is 0. The van der Waals surface area contributed by atoms with Crippen LogP contribution in [0.1, 0.15) is 15.9 Å². The molecule has 3 aromatic rings. The highest BCUT2D eigenvalue weighted by Gasteiger charge is 2.28. The van der Waals surface area contributed by atoms with Crippen LogP contribution in [-0.4, -0.2) is 24.1 Å². The minimum atomic E-state index is -4.44. The van der Waals surface area contributed by atoms with Gasteiger partial charge < -0.3 is 9.47 Å². The summed E-state index contributed by atoms with van der Waals surface area (Å²) in [5.74, 6) is 0.409. The van der Waals surface area contributed by atoms with E-state index in [4.69, 9.17) is 9.47 Å². The lowest BCUT2D eigenvalue weighted by Gasteiger charge is -2.12. The van der Waals surface area contributed by atoms with Crippen LogP contribution in [0.25, 0.3) is 11.1 Å². The minimum Gasteiger partial charge on any atom is -0.484 e. The molecule has 0 spiro atoms. The first-order chi connectivity index (χ1) is 13.4. The third-order valence-electron chi connectivity index (χ3n) is 3.83. The fourth-order valence-corrected chi connectivity index (χ4v) is 2.50. The molecule has 144 valence electrons. The van der Waals surface area contributed by atoms with Gasteiger partial charge in [0, 0.05) is 23.4 Å². The van der Waals surface area contributed by atoms with Gasteiger partial charge in [-0.3, -0.25) is 4.79 Å². The zero-order valence-corrected chi connectivity index (χ0v) is 14.6. The van der Waals surface area contributed by atoms with Crippen LogP contribution in [0.3, 0.4) is 0 Å². The molecule has 0 unspecified atom stereocenters. The molecule has 0 N–H and O–H groups in total. The van der Waals surface area contributed by atoms with E-state index >= 15 is 0 Å². The summed E-state index contributed by atoms with van der Waals surface area (Å²) in [6.45, 7) is -1.05. The second-order valence-electron chi connectivity index (χ2n) is 5.93. The Kier molecular flexibility index (Phi) is 5.93. The lowest BCUT2D eigenvalue weighted by atomic mass is 10.0. The number of rotatable bonds is 7. The second kappa shape index (κ2) is 8.56. The van der Waals surface area contributed by atoms with Crippen LogP contribution in [0.5, 0.6) is 11.6 Å². The summed E-state index contributed by atoms with van der Waals surface area (Å²) in [5.41, 5.74) is 2.30. The summed E-state index contributed by atoms with van der Waals surface area (Å²) in [6.07, 6.45) is -2.32. The monoisotopic (exact) mass is 387 g/mol. The smallest absolute Gasteiger partial charge is 0.422 e. The van der Waals surface area contributed by atoms with Gasteiger partial charge in [-0.1, -0.05) is 30.3 Å². The number of aromatic nitrogens is 1. The van der Waals surface area contributed by atoms with E-state index in [1.807, 2.05) is 30.3 Å². The molecule has 4 nitrogen and oxygen atoms in total. The first-order valence-electron chi connectivity index (χ1n) is 8.36. The molecule has 0 fully saturated rings. The van der Waals surface area contributed by atoms with Crippen LogP contribution < -0.4 is 9.47 Å². The van der Waals surface area contributed by atoms with Gasteiger partial charge in [0.1, 0.15) is 12.4 Å². The van der Waals surface area contributed by atoms with E-state index in [1.165, 1.54) is 24.4 Å². The number of carbonyl (C=O) groups excluding carboxylic acids is 1. The molecule has 0 saturated carbocycles. The standard InChI is InChI=1S/C21H16F3NO3/c22-21(23,24)14-28-18-8-6-17(12-26)19(10-18)16-7-9-20(25-11-16)27-13-15-4-2-1-3-5-15/h1-12H,13-14H2. The van der Waals surface area contributed by atoms with Gasteiger partial charge in [0.25, 0.3) is 0 Å². The molecule has 1 heterocycles. The number of pyridine rings is 1. The van der Waals surface area contributed by atoms with Gasteiger partial charge in [-0.05, 0) is 35.4 Å². The number of hydrogen-bond acceptors (Lipinski definition) is 4. The Hall–Kier alpha value is -3.35. The zero-order valence-electron chi connectivity index (χ0n) is 14.6. The molecule has 1 aromatic heterocycles. The molecule has 3 rings (SSSR count). The highest BCUT2D eigenvalue weighted by Crippen LogP contribution is 2.29. The van der Waals surface area contributed by atoms with Crippen molar-refractivity contribution in [1.82, 2.24) is 4.98 Å². The minimum absolute atomic E-state index is 0.0160. The molecule has 0 aliphatic rings. The van der Waals surface area contributed by atoms with Crippen molar-refractivity contribution in [3.63, 3.8) is 0 Å². The summed E-state index contributed by atoms with van der Waals surface area (Å²) in [7, 11) is 0. The molecule has 0 amide bonds. The molecule has 7 heteroatoms. The predicted octanol–water partition coefficient (Wildman–Crippen LogP) is 5.08. The fourth-order valence-electron chi connectivity index (χ4n) is 2.50. The SMILES string of the molecule is O=Cc1ccc(OCC(F)(F)F)cc1-c1ccc(OCc2ccccc2)nc1. The number of benzene rings is 2. The number of carbonyl (C=O) groups is 1. The van der Waals surface area contributed by atoms with Crippen molar-refractivity contribution >= 4 is 6.29 Å². The summed E-state index contributed by atoms with van der Waals surface area (Å²) in [6, 6.07) is 17.0. The Morgan fingerprint density at radius 1 is 0.964 bits per heavy atom. The van der Waals surface area contributed by atoms with E-state index in [9.17, 15) is 18.0 Å². The maximum absolute atomic E-state index is 12.3. The average molecular weight is 387 g/mol. The van der Waals surface area contributed by atoms with Crippen LogP contribution in [-0.2, 0) is 6.61 Å². The normalized spacial score (nSPS) is 11.1. The Labute approximate surface area is 159 Å².